The maximum absolute atomic E-state index is 11.1. The molecular formula is C7H7Cl3O7. The molecule has 10 heteroatoms. The van der Waals surface area contributed by atoms with Crippen molar-refractivity contribution < 1.29 is 34.4 Å². The summed E-state index contributed by atoms with van der Waals surface area (Å²) < 4.78 is 1.69. The Bertz CT molecular complexity index is 337. The second-order valence-corrected chi connectivity index (χ2v) is 5.18. The average molecular weight is 309 g/mol. The van der Waals surface area contributed by atoms with Gasteiger partial charge in [-0.3, -0.25) is 9.59 Å². The maximum atomic E-state index is 11.1. The Kier molecular flexibility index (Phi) is 5.47. The molecule has 0 aliphatic heterocycles. The zero-order valence-corrected chi connectivity index (χ0v) is 10.3. The molecule has 0 spiro atoms. The predicted molar refractivity (Wildman–Crippen MR) is 55.8 cm³/mol. The van der Waals surface area contributed by atoms with Crippen molar-refractivity contribution in [1.82, 2.24) is 0 Å². The summed E-state index contributed by atoms with van der Waals surface area (Å²) in [5.41, 5.74) is -2.82. The summed E-state index contributed by atoms with van der Waals surface area (Å²) in [5, 5.41) is 26.4. The number of carbonyl (C=O) groups is 3. The van der Waals surface area contributed by atoms with Crippen molar-refractivity contribution in [3.05, 3.63) is 0 Å². The lowest BCUT2D eigenvalue weighted by Crippen LogP contribution is -2.43. The van der Waals surface area contributed by atoms with E-state index in [-0.39, 0.29) is 0 Å². The smallest absolute Gasteiger partial charge is 0.340 e. The first-order valence-electron chi connectivity index (χ1n) is 3.92. The quantitative estimate of drug-likeness (QED) is 0.500. The Morgan fingerprint density at radius 2 is 1.53 bits per heavy atom. The molecule has 1 atom stereocenters. The number of alkyl halides is 3. The van der Waals surface area contributed by atoms with Gasteiger partial charge in [0.05, 0.1) is 12.8 Å². The molecule has 0 aromatic rings. The van der Waals surface area contributed by atoms with E-state index in [9.17, 15) is 19.5 Å². The number of aliphatic hydroxyl groups is 1. The fraction of sp³-hybridized carbons (Fsp3) is 0.571. The van der Waals surface area contributed by atoms with Crippen molar-refractivity contribution in [2.24, 2.45) is 0 Å². The van der Waals surface area contributed by atoms with Gasteiger partial charge >= 0.3 is 21.9 Å². The maximum Gasteiger partial charge on any atom is 0.340 e. The van der Waals surface area contributed by atoms with E-state index < -0.39 is 40.3 Å². The zero-order chi connectivity index (χ0) is 13.9. The largest absolute Gasteiger partial charge is 0.481 e. The minimum Gasteiger partial charge on any atom is -0.481 e. The van der Waals surface area contributed by atoms with Crippen molar-refractivity contribution in [3.63, 3.8) is 0 Å². The fourth-order valence-electron chi connectivity index (χ4n) is 0.868. The zero-order valence-electron chi connectivity index (χ0n) is 8.02. The summed E-state index contributed by atoms with van der Waals surface area (Å²) in [6.07, 6.45) is -2.36. The fourth-order valence-corrected chi connectivity index (χ4v) is 1.13. The van der Waals surface area contributed by atoms with Crippen LogP contribution in [-0.2, 0) is 19.1 Å². The topological polar surface area (TPSA) is 121 Å². The first-order valence-corrected chi connectivity index (χ1v) is 5.06. The Balaban J connectivity index is 4.72. The second-order valence-electron chi connectivity index (χ2n) is 3.00. The number of hydrogen-bond donors (Lipinski definition) is 3. The molecule has 1 unspecified atom stereocenters. The number of ether oxygens (including phenoxy) is 1. The van der Waals surface area contributed by atoms with Crippen molar-refractivity contribution in [1.29, 1.82) is 0 Å². The highest BCUT2D eigenvalue weighted by Crippen LogP contribution is 2.29. The van der Waals surface area contributed by atoms with E-state index in [0.717, 1.165) is 0 Å². The lowest BCUT2D eigenvalue weighted by Gasteiger charge is -2.21. The van der Waals surface area contributed by atoms with Crippen LogP contribution >= 0.6 is 34.8 Å². The summed E-state index contributed by atoms with van der Waals surface area (Å²) >= 11 is 15.3. The molecule has 0 aromatic carbocycles. The van der Waals surface area contributed by atoms with Crippen LogP contribution in [0.2, 0.25) is 0 Å². The molecule has 0 rings (SSSR count). The van der Waals surface area contributed by atoms with E-state index in [1.807, 2.05) is 0 Å². The van der Waals surface area contributed by atoms with Crippen LogP contribution in [0.25, 0.3) is 0 Å². The van der Waals surface area contributed by atoms with Gasteiger partial charge in [0.1, 0.15) is 0 Å². The lowest BCUT2D eigenvalue weighted by molar-refractivity contribution is -0.172. The number of carbonyl (C=O) groups excluding carboxylic acids is 1. The summed E-state index contributed by atoms with van der Waals surface area (Å²) in [6, 6.07) is 0. The molecule has 0 bridgehead atoms. The van der Waals surface area contributed by atoms with Gasteiger partial charge in [-0.05, 0) is 34.8 Å². The first kappa shape index (κ1) is 16.2. The molecule has 7 nitrogen and oxygen atoms in total. The van der Waals surface area contributed by atoms with Gasteiger partial charge in [-0.25, -0.2) is 4.79 Å². The van der Waals surface area contributed by atoms with Crippen LogP contribution in [-0.4, -0.2) is 42.8 Å². The van der Waals surface area contributed by atoms with Crippen LogP contribution in [0.4, 0.5) is 0 Å². The van der Waals surface area contributed by atoms with Gasteiger partial charge < -0.3 is 20.1 Å². The van der Waals surface area contributed by atoms with Crippen LogP contribution in [0.5, 0.6) is 0 Å². The van der Waals surface area contributed by atoms with Crippen molar-refractivity contribution in [2.45, 2.75) is 22.4 Å². The minimum absolute atomic E-state index is 1.16. The Hall–Kier alpha value is -0.760. The second kappa shape index (κ2) is 5.72. The van der Waals surface area contributed by atoms with Gasteiger partial charge in [0.15, 0.2) is 5.60 Å². The van der Waals surface area contributed by atoms with E-state index in [1.165, 1.54) is 0 Å². The number of carboxylic acid groups (broad SMARTS) is 2. The molecule has 0 radical (unpaired) electrons. The first-order chi connectivity index (χ1) is 7.46. The van der Waals surface area contributed by atoms with Crippen molar-refractivity contribution >= 4 is 52.7 Å². The van der Waals surface area contributed by atoms with Crippen LogP contribution in [0.15, 0.2) is 0 Å². The molecule has 0 saturated carbocycles. The summed E-state index contributed by atoms with van der Waals surface area (Å²) in [4.78, 5) is 32.0. The van der Waals surface area contributed by atoms with Crippen LogP contribution in [0.1, 0.15) is 12.8 Å². The monoisotopic (exact) mass is 308 g/mol. The molecule has 0 saturated heterocycles. The number of halogens is 3. The minimum atomic E-state index is -2.82. The predicted octanol–water partition coefficient (Wildman–Crippen LogP) is 0.538. The van der Waals surface area contributed by atoms with Gasteiger partial charge in [-0.15, -0.1) is 0 Å². The van der Waals surface area contributed by atoms with Gasteiger partial charge in [-0.2, -0.15) is 0 Å². The molecular weight excluding hydrogens is 302 g/mol. The third-order valence-corrected chi connectivity index (χ3v) is 1.74. The highest BCUT2D eigenvalue weighted by molar-refractivity contribution is 6.66. The third kappa shape index (κ3) is 6.52. The molecule has 17 heavy (non-hydrogen) atoms. The van der Waals surface area contributed by atoms with E-state index in [4.69, 9.17) is 45.0 Å². The molecule has 3 N–H and O–H groups in total. The van der Waals surface area contributed by atoms with Crippen molar-refractivity contribution in [2.75, 3.05) is 0 Å². The highest BCUT2D eigenvalue weighted by Gasteiger charge is 2.42. The summed E-state index contributed by atoms with van der Waals surface area (Å²) in [7, 11) is 0. The van der Waals surface area contributed by atoms with E-state index in [1.54, 1.807) is 0 Å². The van der Waals surface area contributed by atoms with Crippen LogP contribution in [0.3, 0.4) is 0 Å². The Morgan fingerprint density at radius 1 is 1.06 bits per heavy atom. The van der Waals surface area contributed by atoms with E-state index in [0.29, 0.717) is 0 Å². The SMILES string of the molecule is O=C(O)CC(O)(CC(=O)OC(Cl)(Cl)Cl)C(=O)O. The van der Waals surface area contributed by atoms with Gasteiger partial charge in [-0.1, -0.05) is 0 Å². The van der Waals surface area contributed by atoms with Gasteiger partial charge in [0.2, 0.25) is 0 Å². The van der Waals surface area contributed by atoms with Gasteiger partial charge in [0.25, 0.3) is 0 Å². The summed E-state index contributed by atoms with van der Waals surface area (Å²) in [5.74, 6) is -4.88. The number of carboxylic acids is 2. The Morgan fingerprint density at radius 3 is 1.82 bits per heavy atom. The normalized spacial score (nSPS) is 14.8. The molecule has 0 fully saturated rings. The standard InChI is InChI=1S/C7H7Cl3O7/c8-7(9,10)17-4(13)2-6(16,5(14)15)1-3(11)12/h16H,1-2H2,(H,11,12)(H,14,15). The number of esters is 1. The number of rotatable bonds is 5. The van der Waals surface area contributed by atoms with Crippen molar-refractivity contribution in [3.8, 4) is 0 Å². The van der Waals surface area contributed by atoms with Crippen LogP contribution < -0.4 is 0 Å². The molecule has 0 aliphatic rings. The number of hydrogen-bond acceptors (Lipinski definition) is 5. The van der Waals surface area contributed by atoms with Gasteiger partial charge in [0, 0.05) is 0 Å². The highest BCUT2D eigenvalue weighted by atomic mass is 35.6. The molecule has 0 aliphatic carbocycles. The van der Waals surface area contributed by atoms with E-state index in [2.05, 4.69) is 4.74 Å². The third-order valence-electron chi connectivity index (χ3n) is 1.51. The Labute approximate surface area is 110 Å². The molecule has 0 heterocycles. The molecule has 0 aromatic heterocycles. The van der Waals surface area contributed by atoms with E-state index >= 15 is 0 Å². The molecule has 0 amide bonds. The molecule has 98 valence electrons. The average Bonchev–Trinajstić information content (AvgIpc) is 1.96. The lowest BCUT2D eigenvalue weighted by atomic mass is 9.96. The number of aliphatic carboxylic acids is 2. The summed E-state index contributed by atoms with van der Waals surface area (Å²) in [6.45, 7) is 0. The van der Waals surface area contributed by atoms with Crippen LogP contribution in [0, 0.1) is 0 Å².